The molecule has 1 heterocycles. The number of benzene rings is 1. The number of carbonyl (C=O) groups excluding carboxylic acids is 2. The standard InChI is InChI=1S/C18H23N5O2S/c1-10-5-4-6-11(2)15(10)20-14(24)9-19-17(25)12(3)26-18-21-16(22-23-18)13-7-8-13/h4-6,12-13H,7-9H2,1-3H3,(H,19,25)(H,20,24)(H,21,22,23)/t12-/m1/s1. The number of para-hydroxylation sites is 1. The summed E-state index contributed by atoms with van der Waals surface area (Å²) < 4.78 is 0. The molecule has 1 atom stereocenters. The first-order chi connectivity index (χ1) is 12.4. The number of rotatable bonds is 7. The molecule has 0 spiro atoms. The number of aromatic nitrogens is 3. The lowest BCUT2D eigenvalue weighted by Gasteiger charge is -2.13. The number of aromatic amines is 1. The van der Waals surface area contributed by atoms with Gasteiger partial charge in [0.15, 0.2) is 0 Å². The van der Waals surface area contributed by atoms with Crippen molar-refractivity contribution in [3.8, 4) is 0 Å². The summed E-state index contributed by atoms with van der Waals surface area (Å²) in [5.41, 5.74) is 2.77. The van der Waals surface area contributed by atoms with E-state index in [0.29, 0.717) is 11.1 Å². The maximum Gasteiger partial charge on any atom is 0.243 e. The van der Waals surface area contributed by atoms with Gasteiger partial charge < -0.3 is 10.6 Å². The SMILES string of the molecule is Cc1cccc(C)c1NC(=O)CNC(=O)[C@@H](C)Sc1n[nH]c(C2CC2)n1. The van der Waals surface area contributed by atoms with Crippen LogP contribution in [0.25, 0.3) is 0 Å². The first-order valence-electron chi connectivity index (χ1n) is 8.66. The number of H-pyrrole nitrogens is 1. The molecule has 0 aliphatic heterocycles. The van der Waals surface area contributed by atoms with E-state index in [0.717, 1.165) is 35.5 Å². The molecule has 0 bridgehead atoms. The molecule has 26 heavy (non-hydrogen) atoms. The molecule has 0 radical (unpaired) electrons. The van der Waals surface area contributed by atoms with E-state index >= 15 is 0 Å². The lowest BCUT2D eigenvalue weighted by molar-refractivity contribution is -0.123. The Morgan fingerprint density at radius 3 is 2.65 bits per heavy atom. The van der Waals surface area contributed by atoms with E-state index in [1.807, 2.05) is 32.0 Å². The van der Waals surface area contributed by atoms with E-state index in [2.05, 4.69) is 25.8 Å². The van der Waals surface area contributed by atoms with Crippen molar-refractivity contribution >= 4 is 29.3 Å². The number of hydrogen-bond donors (Lipinski definition) is 3. The second-order valence-electron chi connectivity index (χ2n) is 6.57. The quantitative estimate of drug-likeness (QED) is 0.648. The average molecular weight is 373 g/mol. The summed E-state index contributed by atoms with van der Waals surface area (Å²) >= 11 is 1.28. The molecule has 1 aliphatic carbocycles. The normalized spacial score (nSPS) is 14.7. The Morgan fingerprint density at radius 1 is 1.31 bits per heavy atom. The summed E-state index contributed by atoms with van der Waals surface area (Å²) in [5.74, 6) is 0.925. The zero-order valence-electron chi connectivity index (χ0n) is 15.1. The summed E-state index contributed by atoms with van der Waals surface area (Å²) in [6, 6.07) is 5.82. The van der Waals surface area contributed by atoms with Crippen LogP contribution in [-0.4, -0.2) is 38.8 Å². The Bertz CT molecular complexity index is 795. The van der Waals surface area contributed by atoms with Gasteiger partial charge in [-0.05, 0) is 44.7 Å². The third kappa shape index (κ3) is 4.63. The number of nitrogens with one attached hydrogen (secondary N) is 3. The molecule has 3 rings (SSSR count). The molecule has 0 unspecified atom stereocenters. The Hall–Kier alpha value is -2.35. The van der Waals surface area contributed by atoms with Crippen LogP contribution in [0.5, 0.6) is 0 Å². The molecule has 7 nitrogen and oxygen atoms in total. The second kappa shape index (κ2) is 7.90. The van der Waals surface area contributed by atoms with Crippen molar-refractivity contribution in [1.29, 1.82) is 0 Å². The molecule has 0 saturated heterocycles. The van der Waals surface area contributed by atoms with E-state index in [1.165, 1.54) is 11.8 Å². The molecule has 138 valence electrons. The summed E-state index contributed by atoms with van der Waals surface area (Å²) in [7, 11) is 0. The number of hydrogen-bond acceptors (Lipinski definition) is 5. The van der Waals surface area contributed by atoms with Gasteiger partial charge in [0.05, 0.1) is 11.8 Å². The van der Waals surface area contributed by atoms with Crippen molar-refractivity contribution in [1.82, 2.24) is 20.5 Å². The van der Waals surface area contributed by atoms with Gasteiger partial charge in [0.2, 0.25) is 17.0 Å². The van der Waals surface area contributed by atoms with Crippen LogP contribution in [0.4, 0.5) is 5.69 Å². The third-order valence-electron chi connectivity index (χ3n) is 4.27. The minimum atomic E-state index is -0.383. The van der Waals surface area contributed by atoms with Gasteiger partial charge in [-0.3, -0.25) is 14.7 Å². The Kier molecular flexibility index (Phi) is 5.61. The summed E-state index contributed by atoms with van der Waals surface area (Å²) in [4.78, 5) is 28.7. The minimum absolute atomic E-state index is 0.0706. The van der Waals surface area contributed by atoms with E-state index in [-0.39, 0.29) is 23.6 Å². The smallest absolute Gasteiger partial charge is 0.243 e. The van der Waals surface area contributed by atoms with Crippen LogP contribution >= 0.6 is 11.8 Å². The maximum atomic E-state index is 12.2. The highest BCUT2D eigenvalue weighted by Gasteiger charge is 2.28. The molecule has 1 saturated carbocycles. The van der Waals surface area contributed by atoms with Crippen LogP contribution in [0, 0.1) is 13.8 Å². The van der Waals surface area contributed by atoms with Gasteiger partial charge in [0.25, 0.3) is 0 Å². The lowest BCUT2D eigenvalue weighted by Crippen LogP contribution is -2.37. The van der Waals surface area contributed by atoms with E-state index in [9.17, 15) is 9.59 Å². The van der Waals surface area contributed by atoms with Crippen LogP contribution in [-0.2, 0) is 9.59 Å². The number of nitrogens with zero attached hydrogens (tertiary/aromatic N) is 2. The van der Waals surface area contributed by atoms with E-state index in [1.54, 1.807) is 6.92 Å². The molecule has 3 N–H and O–H groups in total. The average Bonchev–Trinajstić information content (AvgIpc) is 3.36. The Morgan fingerprint density at radius 2 is 2.00 bits per heavy atom. The third-order valence-corrected chi connectivity index (χ3v) is 5.23. The number of aryl methyl sites for hydroxylation is 2. The zero-order chi connectivity index (χ0) is 18.7. The second-order valence-corrected chi connectivity index (χ2v) is 7.88. The highest BCUT2D eigenvalue weighted by Crippen LogP contribution is 2.38. The number of amides is 2. The summed E-state index contributed by atoms with van der Waals surface area (Å²) in [6.45, 7) is 5.58. The van der Waals surface area contributed by atoms with Crippen molar-refractivity contribution in [2.24, 2.45) is 0 Å². The molecule has 1 fully saturated rings. The molecule has 1 aromatic heterocycles. The zero-order valence-corrected chi connectivity index (χ0v) is 15.9. The van der Waals surface area contributed by atoms with Crippen molar-refractivity contribution in [2.45, 2.75) is 49.9 Å². The number of carbonyl (C=O) groups is 2. The highest BCUT2D eigenvalue weighted by atomic mass is 32.2. The molecule has 2 amide bonds. The maximum absolute atomic E-state index is 12.2. The first-order valence-corrected chi connectivity index (χ1v) is 9.54. The fraction of sp³-hybridized carbons (Fsp3) is 0.444. The largest absolute Gasteiger partial charge is 0.346 e. The van der Waals surface area contributed by atoms with Crippen molar-refractivity contribution in [2.75, 3.05) is 11.9 Å². The van der Waals surface area contributed by atoms with E-state index in [4.69, 9.17) is 0 Å². The van der Waals surface area contributed by atoms with Crippen LogP contribution in [0.3, 0.4) is 0 Å². The van der Waals surface area contributed by atoms with Crippen molar-refractivity contribution < 1.29 is 9.59 Å². The lowest BCUT2D eigenvalue weighted by atomic mass is 10.1. The van der Waals surface area contributed by atoms with Gasteiger partial charge in [-0.25, -0.2) is 4.98 Å². The predicted molar refractivity (Wildman–Crippen MR) is 101 cm³/mol. The van der Waals surface area contributed by atoms with Gasteiger partial charge in [-0.2, -0.15) is 0 Å². The molecule has 8 heteroatoms. The van der Waals surface area contributed by atoms with Crippen LogP contribution in [0.2, 0.25) is 0 Å². The van der Waals surface area contributed by atoms with Crippen LogP contribution in [0.1, 0.15) is 42.6 Å². The summed E-state index contributed by atoms with van der Waals surface area (Å²) in [5, 5.41) is 12.8. The minimum Gasteiger partial charge on any atom is -0.346 e. The van der Waals surface area contributed by atoms with Gasteiger partial charge in [0, 0.05) is 11.6 Å². The predicted octanol–water partition coefficient (Wildman–Crippen LogP) is 2.53. The van der Waals surface area contributed by atoms with Gasteiger partial charge in [0.1, 0.15) is 5.82 Å². The van der Waals surface area contributed by atoms with Gasteiger partial charge >= 0.3 is 0 Å². The van der Waals surface area contributed by atoms with Gasteiger partial charge in [-0.15, -0.1) is 5.10 Å². The molecule has 1 aliphatic rings. The monoisotopic (exact) mass is 373 g/mol. The van der Waals surface area contributed by atoms with Crippen molar-refractivity contribution in [3.05, 3.63) is 35.2 Å². The fourth-order valence-electron chi connectivity index (χ4n) is 2.57. The van der Waals surface area contributed by atoms with Crippen molar-refractivity contribution in [3.63, 3.8) is 0 Å². The highest BCUT2D eigenvalue weighted by molar-refractivity contribution is 8.00. The van der Waals surface area contributed by atoms with Crippen LogP contribution in [0.15, 0.2) is 23.4 Å². The topological polar surface area (TPSA) is 99.8 Å². The molecule has 2 aromatic rings. The Balaban J connectivity index is 1.47. The van der Waals surface area contributed by atoms with E-state index < -0.39 is 0 Å². The Labute approximate surface area is 156 Å². The first kappa shape index (κ1) is 18.4. The van der Waals surface area contributed by atoms with Gasteiger partial charge in [-0.1, -0.05) is 30.0 Å². The number of anilines is 1. The molecule has 1 aromatic carbocycles. The molecular formula is C18H23N5O2S. The summed E-state index contributed by atoms with van der Waals surface area (Å²) in [6.07, 6.45) is 2.29. The fourth-order valence-corrected chi connectivity index (χ4v) is 3.32. The van der Waals surface area contributed by atoms with Crippen LogP contribution < -0.4 is 10.6 Å². The number of thioether (sulfide) groups is 1. The molecular weight excluding hydrogens is 350 g/mol.